The van der Waals surface area contributed by atoms with Crippen molar-refractivity contribution in [2.24, 2.45) is 0 Å². The fourth-order valence-corrected chi connectivity index (χ4v) is 1.51. The quantitative estimate of drug-likeness (QED) is 0.799. The number of nitrogens with zero attached hydrogens (tertiary/aromatic N) is 2. The molecule has 2 rings (SSSR count). The summed E-state index contributed by atoms with van der Waals surface area (Å²) in [6, 6.07) is 2.01. The first-order valence-corrected chi connectivity index (χ1v) is 4.83. The Hall–Kier alpha value is -1.84. The van der Waals surface area contributed by atoms with Crippen LogP contribution in [0.2, 0.25) is 0 Å². The van der Waals surface area contributed by atoms with Gasteiger partial charge in [0.15, 0.2) is 0 Å². The molecule has 1 N–H and O–H groups in total. The second kappa shape index (κ2) is 3.73. The Morgan fingerprint density at radius 1 is 1.60 bits per heavy atom. The third-order valence-electron chi connectivity index (χ3n) is 2.37. The highest BCUT2D eigenvalue weighted by Crippen LogP contribution is 2.10. The molecular formula is C11H13N3O. The normalized spacial score (nSPS) is 10.5. The number of pyridine rings is 1. The maximum atomic E-state index is 10.8. The Morgan fingerprint density at radius 3 is 3.13 bits per heavy atom. The Labute approximate surface area is 87.9 Å². The molecule has 0 aliphatic rings. The first-order valence-electron chi connectivity index (χ1n) is 4.83. The Bertz CT molecular complexity index is 502. The summed E-state index contributed by atoms with van der Waals surface area (Å²) in [6.07, 6.45) is 5.65. The monoisotopic (exact) mass is 203 g/mol. The maximum Gasteiger partial charge on any atom is 0.217 e. The van der Waals surface area contributed by atoms with Gasteiger partial charge < -0.3 is 9.72 Å². The molecule has 0 bridgehead atoms. The Balaban J connectivity index is 2.33. The van der Waals surface area contributed by atoms with Crippen LogP contribution in [0.4, 0.5) is 0 Å². The lowest BCUT2D eigenvalue weighted by atomic mass is 10.1. The predicted octanol–water partition coefficient (Wildman–Crippen LogP) is 1.28. The lowest BCUT2D eigenvalue weighted by Gasteiger charge is -2.07. The fourth-order valence-electron chi connectivity index (χ4n) is 1.51. The molecule has 4 heteroatoms. The molecule has 0 aliphatic heterocycles. The second-order valence-corrected chi connectivity index (χ2v) is 3.58. The predicted molar refractivity (Wildman–Crippen MR) is 57.4 cm³/mol. The highest BCUT2D eigenvalue weighted by atomic mass is 16.1. The van der Waals surface area contributed by atoms with Gasteiger partial charge in [-0.3, -0.25) is 4.79 Å². The highest BCUT2D eigenvalue weighted by molar-refractivity contribution is 5.72. The summed E-state index contributed by atoms with van der Waals surface area (Å²) in [5.74, 6) is -0.0138. The molecule has 0 aromatic carbocycles. The number of carbonyl (C=O) groups is 1. The van der Waals surface area contributed by atoms with Crippen molar-refractivity contribution in [1.29, 1.82) is 0 Å². The topological polar surface area (TPSA) is 46.4 Å². The van der Waals surface area contributed by atoms with Crippen LogP contribution in [-0.2, 0) is 11.3 Å². The van der Waals surface area contributed by atoms with E-state index in [4.69, 9.17) is 0 Å². The lowest BCUT2D eigenvalue weighted by molar-refractivity contribution is -0.119. The number of hydrogen-bond acceptors (Lipinski definition) is 2. The zero-order valence-electron chi connectivity index (χ0n) is 8.82. The van der Waals surface area contributed by atoms with E-state index in [1.165, 1.54) is 6.92 Å². The smallest absolute Gasteiger partial charge is 0.217 e. The fraction of sp³-hybridized carbons (Fsp3) is 0.273. The van der Waals surface area contributed by atoms with E-state index in [1.807, 2.05) is 29.8 Å². The number of fused-ring (bicyclic) bond motifs is 1. The largest absolute Gasteiger partial charge is 0.352 e. The summed E-state index contributed by atoms with van der Waals surface area (Å²) < 4.78 is 1.95. The third-order valence-corrected chi connectivity index (χ3v) is 2.37. The van der Waals surface area contributed by atoms with Crippen LogP contribution in [-0.4, -0.2) is 15.3 Å². The Morgan fingerprint density at radius 2 is 2.40 bits per heavy atom. The molecule has 0 spiro atoms. The van der Waals surface area contributed by atoms with Crippen LogP contribution in [0.3, 0.4) is 0 Å². The van der Waals surface area contributed by atoms with E-state index < -0.39 is 0 Å². The number of carbonyl (C=O) groups excluding carboxylic acids is 1. The van der Waals surface area contributed by atoms with Crippen LogP contribution in [0.25, 0.3) is 5.65 Å². The van der Waals surface area contributed by atoms with Crippen molar-refractivity contribution in [2.75, 3.05) is 0 Å². The molecule has 1 amide bonds. The van der Waals surface area contributed by atoms with Crippen molar-refractivity contribution in [3.05, 3.63) is 35.8 Å². The van der Waals surface area contributed by atoms with E-state index in [-0.39, 0.29) is 5.91 Å². The molecule has 15 heavy (non-hydrogen) atoms. The van der Waals surface area contributed by atoms with E-state index in [0.717, 1.165) is 16.8 Å². The summed E-state index contributed by atoms with van der Waals surface area (Å²) in [5.41, 5.74) is 3.18. The molecular weight excluding hydrogens is 190 g/mol. The molecule has 0 atom stereocenters. The van der Waals surface area contributed by atoms with Crippen molar-refractivity contribution >= 4 is 11.6 Å². The van der Waals surface area contributed by atoms with Gasteiger partial charge in [0.05, 0.1) is 0 Å². The number of aromatic nitrogens is 2. The van der Waals surface area contributed by atoms with Crippen molar-refractivity contribution in [3.8, 4) is 0 Å². The lowest BCUT2D eigenvalue weighted by Crippen LogP contribution is -2.19. The van der Waals surface area contributed by atoms with E-state index in [0.29, 0.717) is 6.54 Å². The first-order chi connectivity index (χ1) is 7.16. The molecule has 2 aromatic heterocycles. The molecule has 0 aliphatic carbocycles. The Kier molecular flexibility index (Phi) is 2.41. The van der Waals surface area contributed by atoms with Gasteiger partial charge in [0, 0.05) is 32.1 Å². The summed E-state index contributed by atoms with van der Waals surface area (Å²) in [4.78, 5) is 15.0. The van der Waals surface area contributed by atoms with Crippen LogP contribution in [0.5, 0.6) is 0 Å². The molecule has 0 fully saturated rings. The molecule has 0 unspecified atom stereocenters. The minimum atomic E-state index is -0.0138. The molecule has 0 saturated carbocycles. The minimum Gasteiger partial charge on any atom is -0.352 e. The van der Waals surface area contributed by atoms with Crippen molar-refractivity contribution in [1.82, 2.24) is 14.7 Å². The van der Waals surface area contributed by atoms with Gasteiger partial charge in [-0.2, -0.15) is 0 Å². The minimum absolute atomic E-state index is 0.0138. The van der Waals surface area contributed by atoms with Gasteiger partial charge in [0.1, 0.15) is 5.65 Å². The average molecular weight is 203 g/mol. The number of aryl methyl sites for hydroxylation is 1. The van der Waals surface area contributed by atoms with Gasteiger partial charge in [0.2, 0.25) is 5.91 Å². The SMILES string of the molecule is CC(=O)NCc1cn2ccnc2cc1C. The zero-order chi connectivity index (χ0) is 10.8. The van der Waals surface area contributed by atoms with Gasteiger partial charge in [0.25, 0.3) is 0 Å². The van der Waals surface area contributed by atoms with Gasteiger partial charge in [-0.1, -0.05) is 0 Å². The van der Waals surface area contributed by atoms with Crippen molar-refractivity contribution in [2.45, 2.75) is 20.4 Å². The van der Waals surface area contributed by atoms with Crippen molar-refractivity contribution in [3.63, 3.8) is 0 Å². The summed E-state index contributed by atoms with van der Waals surface area (Å²) in [6.45, 7) is 4.10. The number of rotatable bonds is 2. The van der Waals surface area contributed by atoms with Crippen LogP contribution < -0.4 is 5.32 Å². The van der Waals surface area contributed by atoms with Gasteiger partial charge >= 0.3 is 0 Å². The van der Waals surface area contributed by atoms with Crippen LogP contribution in [0, 0.1) is 6.92 Å². The van der Waals surface area contributed by atoms with Gasteiger partial charge in [-0.15, -0.1) is 0 Å². The van der Waals surface area contributed by atoms with Crippen LogP contribution >= 0.6 is 0 Å². The van der Waals surface area contributed by atoms with Gasteiger partial charge in [-0.25, -0.2) is 4.98 Å². The molecule has 2 heterocycles. The van der Waals surface area contributed by atoms with E-state index >= 15 is 0 Å². The molecule has 0 radical (unpaired) electrons. The number of hydrogen-bond donors (Lipinski definition) is 1. The third kappa shape index (κ3) is 1.98. The maximum absolute atomic E-state index is 10.8. The first kappa shape index (κ1) is 9.71. The molecule has 0 saturated heterocycles. The standard InChI is InChI=1S/C11H13N3O/c1-8-5-11-12-3-4-14(11)7-10(8)6-13-9(2)15/h3-5,7H,6H2,1-2H3,(H,13,15). The van der Waals surface area contributed by atoms with Crippen LogP contribution in [0.15, 0.2) is 24.7 Å². The molecule has 78 valence electrons. The van der Waals surface area contributed by atoms with Crippen LogP contribution in [0.1, 0.15) is 18.1 Å². The van der Waals surface area contributed by atoms with Crippen molar-refractivity contribution < 1.29 is 4.79 Å². The van der Waals surface area contributed by atoms with E-state index in [9.17, 15) is 4.79 Å². The number of imidazole rings is 1. The van der Waals surface area contributed by atoms with E-state index in [1.54, 1.807) is 6.20 Å². The summed E-state index contributed by atoms with van der Waals surface area (Å²) in [5, 5.41) is 2.79. The molecule has 2 aromatic rings. The van der Waals surface area contributed by atoms with Gasteiger partial charge in [-0.05, 0) is 24.1 Å². The second-order valence-electron chi connectivity index (χ2n) is 3.58. The summed E-state index contributed by atoms with van der Waals surface area (Å²) >= 11 is 0. The molecule has 4 nitrogen and oxygen atoms in total. The van der Waals surface area contributed by atoms with E-state index in [2.05, 4.69) is 10.3 Å². The highest BCUT2D eigenvalue weighted by Gasteiger charge is 2.02. The number of amides is 1. The number of nitrogens with one attached hydrogen (secondary N) is 1. The zero-order valence-corrected chi connectivity index (χ0v) is 8.82. The average Bonchev–Trinajstić information content (AvgIpc) is 2.60. The summed E-state index contributed by atoms with van der Waals surface area (Å²) in [7, 11) is 0.